The van der Waals surface area contributed by atoms with Crippen molar-refractivity contribution in [2.75, 3.05) is 0 Å². The quantitative estimate of drug-likeness (QED) is 0.937. The van der Waals surface area contributed by atoms with Crippen LogP contribution in [0, 0.1) is 13.8 Å². The number of benzene rings is 1. The molecule has 128 valence electrons. The van der Waals surface area contributed by atoms with Gasteiger partial charge in [0.1, 0.15) is 0 Å². The number of nitrogens with zero attached hydrogens (tertiary/aromatic N) is 2. The number of carbonyl (C=O) groups is 1. The summed E-state index contributed by atoms with van der Waals surface area (Å²) in [6.45, 7) is 6.03. The molecule has 24 heavy (non-hydrogen) atoms. The highest BCUT2D eigenvalue weighted by molar-refractivity contribution is 5.79. The van der Waals surface area contributed by atoms with E-state index in [0.29, 0.717) is 6.42 Å². The van der Waals surface area contributed by atoms with Crippen molar-refractivity contribution in [3.8, 4) is 0 Å². The Kier molecular flexibility index (Phi) is 4.74. The van der Waals surface area contributed by atoms with Gasteiger partial charge in [0, 0.05) is 18.3 Å². The van der Waals surface area contributed by atoms with Gasteiger partial charge >= 0.3 is 0 Å². The van der Waals surface area contributed by atoms with E-state index in [2.05, 4.69) is 35.5 Å². The van der Waals surface area contributed by atoms with Gasteiger partial charge in [-0.05, 0) is 63.1 Å². The number of rotatable bonds is 4. The molecular formula is C20H27N3O. The molecule has 0 fully saturated rings. The second-order valence-corrected chi connectivity index (χ2v) is 6.97. The van der Waals surface area contributed by atoms with Gasteiger partial charge in [-0.15, -0.1) is 0 Å². The standard InChI is InChI=1S/C20H27N3O/c1-13(17-10-9-16-7-5-6-8-18(16)11-17)21-20(24)12-19-14(2)22-23(4)15(19)3/h9-11,13H,5-8,12H2,1-4H3,(H,21,24). The summed E-state index contributed by atoms with van der Waals surface area (Å²) in [6.07, 6.45) is 5.31. The molecule has 4 heteroatoms. The molecule has 1 aromatic carbocycles. The van der Waals surface area contributed by atoms with Gasteiger partial charge in [-0.1, -0.05) is 18.2 Å². The Hall–Kier alpha value is -2.10. The molecule has 2 aromatic rings. The molecule has 1 N–H and O–H groups in total. The summed E-state index contributed by atoms with van der Waals surface area (Å²) < 4.78 is 1.84. The third kappa shape index (κ3) is 3.37. The van der Waals surface area contributed by atoms with Crippen LogP contribution in [0.15, 0.2) is 18.2 Å². The van der Waals surface area contributed by atoms with Crippen LogP contribution in [0.5, 0.6) is 0 Å². The van der Waals surface area contributed by atoms with Crippen LogP contribution in [0.3, 0.4) is 0 Å². The van der Waals surface area contributed by atoms with Crippen molar-refractivity contribution >= 4 is 5.91 Å². The molecule has 1 aliphatic carbocycles. The molecule has 4 nitrogen and oxygen atoms in total. The van der Waals surface area contributed by atoms with Gasteiger partial charge in [-0.3, -0.25) is 9.48 Å². The van der Waals surface area contributed by atoms with Crippen molar-refractivity contribution in [2.24, 2.45) is 7.05 Å². The third-order valence-electron chi connectivity index (χ3n) is 5.25. The maximum Gasteiger partial charge on any atom is 0.225 e. The van der Waals surface area contributed by atoms with Gasteiger partial charge in [0.2, 0.25) is 5.91 Å². The number of hydrogen-bond acceptors (Lipinski definition) is 2. The molecule has 0 radical (unpaired) electrons. The van der Waals surface area contributed by atoms with Crippen LogP contribution in [0.1, 0.15) is 59.4 Å². The van der Waals surface area contributed by atoms with E-state index < -0.39 is 0 Å². The van der Waals surface area contributed by atoms with Crippen molar-refractivity contribution in [3.63, 3.8) is 0 Å². The van der Waals surface area contributed by atoms with Gasteiger partial charge in [0.15, 0.2) is 0 Å². The Bertz CT molecular complexity index is 760. The molecule has 1 amide bonds. The number of hydrogen-bond donors (Lipinski definition) is 1. The van der Waals surface area contributed by atoms with Crippen LogP contribution in [-0.4, -0.2) is 15.7 Å². The summed E-state index contributed by atoms with van der Waals surface area (Å²) >= 11 is 0. The number of nitrogens with one attached hydrogen (secondary N) is 1. The topological polar surface area (TPSA) is 46.9 Å². The van der Waals surface area contributed by atoms with E-state index in [4.69, 9.17) is 0 Å². The molecule has 1 aromatic heterocycles. The second kappa shape index (κ2) is 6.80. The van der Waals surface area contributed by atoms with E-state index in [9.17, 15) is 4.79 Å². The molecule has 0 bridgehead atoms. The molecule has 1 atom stereocenters. The minimum atomic E-state index is 0.0296. The first-order valence-electron chi connectivity index (χ1n) is 8.86. The molecule has 1 heterocycles. The van der Waals surface area contributed by atoms with E-state index in [1.165, 1.54) is 36.0 Å². The zero-order valence-corrected chi connectivity index (χ0v) is 15.1. The number of aryl methyl sites for hydroxylation is 4. The summed E-state index contributed by atoms with van der Waals surface area (Å²) in [4.78, 5) is 12.5. The van der Waals surface area contributed by atoms with E-state index in [-0.39, 0.29) is 11.9 Å². The number of carbonyl (C=O) groups excluding carboxylic acids is 1. The number of fused-ring (bicyclic) bond motifs is 1. The van der Waals surface area contributed by atoms with E-state index in [0.717, 1.165) is 23.4 Å². The molecule has 0 saturated heterocycles. The predicted octanol–water partition coefficient (Wildman–Crippen LogP) is 3.34. The van der Waals surface area contributed by atoms with Crippen molar-refractivity contribution < 1.29 is 4.79 Å². The first kappa shape index (κ1) is 16.7. The van der Waals surface area contributed by atoms with Gasteiger partial charge in [0.25, 0.3) is 0 Å². The minimum Gasteiger partial charge on any atom is -0.349 e. The number of aromatic nitrogens is 2. The van der Waals surface area contributed by atoms with Crippen LogP contribution in [-0.2, 0) is 31.1 Å². The highest BCUT2D eigenvalue weighted by Gasteiger charge is 2.17. The fraction of sp³-hybridized carbons (Fsp3) is 0.500. The average molecular weight is 325 g/mol. The first-order chi connectivity index (χ1) is 11.5. The fourth-order valence-electron chi connectivity index (χ4n) is 3.63. The van der Waals surface area contributed by atoms with Gasteiger partial charge < -0.3 is 5.32 Å². The molecule has 0 saturated carbocycles. The molecule has 0 aliphatic heterocycles. The van der Waals surface area contributed by atoms with E-state index in [1.807, 2.05) is 25.6 Å². The maximum absolute atomic E-state index is 12.5. The zero-order chi connectivity index (χ0) is 17.3. The fourth-order valence-corrected chi connectivity index (χ4v) is 3.63. The largest absolute Gasteiger partial charge is 0.349 e. The Morgan fingerprint density at radius 2 is 1.96 bits per heavy atom. The van der Waals surface area contributed by atoms with Crippen molar-refractivity contribution in [3.05, 3.63) is 51.8 Å². The lowest BCUT2D eigenvalue weighted by molar-refractivity contribution is -0.121. The lowest BCUT2D eigenvalue weighted by Gasteiger charge is -2.20. The molecule has 1 aliphatic rings. The normalized spacial score (nSPS) is 15.0. The lowest BCUT2D eigenvalue weighted by atomic mass is 9.89. The highest BCUT2D eigenvalue weighted by atomic mass is 16.1. The lowest BCUT2D eigenvalue weighted by Crippen LogP contribution is -2.28. The number of amides is 1. The summed E-state index contributed by atoms with van der Waals surface area (Å²) in [5, 5.41) is 7.53. The molecule has 3 rings (SSSR count). The molecular weight excluding hydrogens is 298 g/mol. The molecule has 1 unspecified atom stereocenters. The second-order valence-electron chi connectivity index (χ2n) is 6.97. The Labute approximate surface area is 144 Å². The van der Waals surface area contributed by atoms with Crippen molar-refractivity contribution in [2.45, 2.75) is 58.9 Å². The van der Waals surface area contributed by atoms with Crippen LogP contribution in [0.2, 0.25) is 0 Å². The summed E-state index contributed by atoms with van der Waals surface area (Å²) in [6, 6.07) is 6.71. The van der Waals surface area contributed by atoms with Crippen LogP contribution < -0.4 is 5.32 Å². The average Bonchev–Trinajstić information content (AvgIpc) is 2.80. The van der Waals surface area contributed by atoms with Crippen molar-refractivity contribution in [1.82, 2.24) is 15.1 Å². The van der Waals surface area contributed by atoms with Gasteiger partial charge in [-0.2, -0.15) is 5.10 Å². The SMILES string of the molecule is Cc1nn(C)c(C)c1CC(=O)NC(C)c1ccc2c(c1)CCCC2. The van der Waals surface area contributed by atoms with Crippen LogP contribution >= 0.6 is 0 Å². The minimum absolute atomic E-state index is 0.0296. The van der Waals surface area contributed by atoms with Crippen molar-refractivity contribution in [1.29, 1.82) is 0 Å². The Morgan fingerprint density at radius 3 is 2.62 bits per heavy atom. The summed E-state index contributed by atoms with van der Waals surface area (Å²) in [7, 11) is 1.92. The smallest absolute Gasteiger partial charge is 0.225 e. The van der Waals surface area contributed by atoms with Crippen LogP contribution in [0.25, 0.3) is 0 Å². The Balaban J connectivity index is 1.68. The van der Waals surface area contributed by atoms with Gasteiger partial charge in [-0.25, -0.2) is 0 Å². The third-order valence-corrected chi connectivity index (χ3v) is 5.25. The first-order valence-corrected chi connectivity index (χ1v) is 8.86. The zero-order valence-electron chi connectivity index (χ0n) is 15.1. The summed E-state index contributed by atoms with van der Waals surface area (Å²) in [5.41, 5.74) is 7.16. The maximum atomic E-state index is 12.5. The van der Waals surface area contributed by atoms with E-state index in [1.54, 1.807) is 0 Å². The summed E-state index contributed by atoms with van der Waals surface area (Å²) in [5.74, 6) is 0.0550. The molecule has 0 spiro atoms. The highest BCUT2D eigenvalue weighted by Crippen LogP contribution is 2.25. The van der Waals surface area contributed by atoms with Gasteiger partial charge in [0.05, 0.1) is 18.2 Å². The monoisotopic (exact) mass is 325 g/mol. The predicted molar refractivity (Wildman–Crippen MR) is 96.0 cm³/mol. The van der Waals surface area contributed by atoms with E-state index >= 15 is 0 Å². The van der Waals surface area contributed by atoms with Crippen LogP contribution in [0.4, 0.5) is 0 Å². The Morgan fingerprint density at radius 1 is 1.25 bits per heavy atom.